The summed E-state index contributed by atoms with van der Waals surface area (Å²) in [5, 5.41) is 6.38. The van der Waals surface area contributed by atoms with Crippen LogP contribution in [-0.4, -0.2) is 30.5 Å². The zero-order valence-electron chi connectivity index (χ0n) is 19.0. The van der Waals surface area contributed by atoms with Crippen molar-refractivity contribution in [3.63, 3.8) is 0 Å². The van der Waals surface area contributed by atoms with Gasteiger partial charge in [-0.1, -0.05) is 96.8 Å². The van der Waals surface area contributed by atoms with Crippen LogP contribution in [-0.2, 0) is 4.74 Å². The molecule has 0 bridgehead atoms. The van der Waals surface area contributed by atoms with Gasteiger partial charge >= 0.3 is 6.09 Å². The van der Waals surface area contributed by atoms with Crippen LogP contribution in [0.4, 0.5) is 4.79 Å². The highest BCUT2D eigenvalue weighted by molar-refractivity contribution is 5.67. The minimum absolute atomic E-state index is 0.0670. The summed E-state index contributed by atoms with van der Waals surface area (Å²) in [5.74, 6) is 0.330. The molecule has 1 atom stereocenters. The number of hydrogen-bond acceptors (Lipinski definition) is 5. The van der Waals surface area contributed by atoms with E-state index >= 15 is 0 Å². The molecule has 1 unspecified atom stereocenters. The van der Waals surface area contributed by atoms with Crippen molar-refractivity contribution >= 4 is 6.09 Å². The largest absolute Gasteiger partial charge is 0.469 e. The van der Waals surface area contributed by atoms with Crippen molar-refractivity contribution in [1.82, 2.24) is 10.5 Å². The number of nitrogens with zero attached hydrogens (tertiary/aromatic N) is 1. The SMILES string of the molecule is [CH2]C(COC(=O)NCCCCCCCCCCCCCCCCC)Oc1ccon1. The van der Waals surface area contributed by atoms with Crippen LogP contribution in [0.25, 0.3) is 0 Å². The minimum atomic E-state index is -0.522. The number of rotatable bonds is 20. The second-order valence-corrected chi connectivity index (χ2v) is 8.05. The second kappa shape index (κ2) is 19.3. The molecule has 6 heteroatoms. The highest BCUT2D eigenvalue weighted by atomic mass is 16.6. The Kier molecular flexibility index (Phi) is 16.9. The van der Waals surface area contributed by atoms with Crippen molar-refractivity contribution in [1.29, 1.82) is 0 Å². The summed E-state index contributed by atoms with van der Waals surface area (Å²) in [7, 11) is 0. The first-order valence-electron chi connectivity index (χ1n) is 12.0. The van der Waals surface area contributed by atoms with Crippen LogP contribution >= 0.6 is 0 Å². The van der Waals surface area contributed by atoms with Crippen LogP contribution in [0.5, 0.6) is 5.88 Å². The molecule has 1 rings (SSSR count). The van der Waals surface area contributed by atoms with Crippen LogP contribution in [0.1, 0.15) is 103 Å². The van der Waals surface area contributed by atoms with Crippen molar-refractivity contribution in [3.05, 3.63) is 19.3 Å². The Morgan fingerprint density at radius 3 is 2.00 bits per heavy atom. The summed E-state index contributed by atoms with van der Waals surface area (Å²) in [4.78, 5) is 11.6. The quantitative estimate of drug-likeness (QED) is 0.232. The Bertz CT molecular complexity index is 493. The number of amides is 1. The highest BCUT2D eigenvalue weighted by Gasteiger charge is 2.09. The van der Waals surface area contributed by atoms with Crippen molar-refractivity contribution in [3.8, 4) is 5.88 Å². The smallest absolute Gasteiger partial charge is 0.407 e. The average molecular weight is 424 g/mol. The Hall–Kier alpha value is -1.72. The van der Waals surface area contributed by atoms with Crippen LogP contribution in [0, 0.1) is 6.92 Å². The molecule has 30 heavy (non-hydrogen) atoms. The summed E-state index contributed by atoms with van der Waals surface area (Å²) in [5.41, 5.74) is 0. The predicted molar refractivity (Wildman–Crippen MR) is 121 cm³/mol. The summed E-state index contributed by atoms with van der Waals surface area (Å²) in [6, 6.07) is 1.58. The van der Waals surface area contributed by atoms with Gasteiger partial charge in [0.1, 0.15) is 19.0 Å². The number of nitrogens with one attached hydrogen (secondary N) is 1. The molecule has 0 aliphatic heterocycles. The molecule has 6 nitrogen and oxygen atoms in total. The molecule has 1 radical (unpaired) electrons. The molecule has 1 heterocycles. The normalized spacial score (nSPS) is 11.9. The maximum atomic E-state index is 11.6. The number of unbranched alkanes of at least 4 members (excludes halogenated alkanes) is 14. The summed E-state index contributed by atoms with van der Waals surface area (Å²) < 4.78 is 15.1. The first-order chi connectivity index (χ1) is 14.7. The zero-order valence-corrected chi connectivity index (χ0v) is 19.0. The molecule has 0 fully saturated rings. The lowest BCUT2D eigenvalue weighted by atomic mass is 10.0. The lowest BCUT2D eigenvalue weighted by Gasteiger charge is -2.12. The van der Waals surface area contributed by atoms with E-state index in [1.165, 1.54) is 89.7 Å². The van der Waals surface area contributed by atoms with Gasteiger partial charge in [0.25, 0.3) is 5.88 Å². The standard InChI is InChI=1S/C24H43N2O4/c1-3-4-5-6-7-8-9-10-11-12-13-14-15-16-17-19-25-24(27)28-21-22(2)30-23-18-20-29-26-23/h18,20,22H,2-17,19,21H2,1H3,(H,25,27). The molecule has 0 aliphatic carbocycles. The highest BCUT2D eigenvalue weighted by Crippen LogP contribution is 2.13. The first kappa shape index (κ1) is 26.3. The molecule has 0 aromatic carbocycles. The van der Waals surface area contributed by atoms with Crippen LogP contribution in [0.15, 0.2) is 16.9 Å². The predicted octanol–water partition coefficient (Wildman–Crippen LogP) is 6.85. The molecule has 1 aromatic rings. The van der Waals surface area contributed by atoms with E-state index in [-0.39, 0.29) is 6.61 Å². The summed E-state index contributed by atoms with van der Waals surface area (Å²) in [6.07, 6.45) is 20.4. The van der Waals surface area contributed by atoms with Crippen molar-refractivity contribution in [2.24, 2.45) is 0 Å². The second-order valence-electron chi connectivity index (χ2n) is 8.05. The fourth-order valence-corrected chi connectivity index (χ4v) is 3.37. The molecule has 0 saturated carbocycles. The fourth-order valence-electron chi connectivity index (χ4n) is 3.37. The number of alkyl carbamates (subject to hydrolysis) is 1. The zero-order chi connectivity index (χ0) is 21.7. The van der Waals surface area contributed by atoms with Crippen molar-refractivity contribution < 1.29 is 18.8 Å². The molecule has 0 spiro atoms. The number of aromatic nitrogens is 1. The van der Waals surface area contributed by atoms with E-state index in [1.807, 2.05) is 0 Å². The van der Waals surface area contributed by atoms with E-state index in [2.05, 4.69) is 28.8 Å². The van der Waals surface area contributed by atoms with E-state index in [1.54, 1.807) is 6.07 Å². The van der Waals surface area contributed by atoms with Gasteiger partial charge in [-0.15, -0.1) is 0 Å². The number of hydrogen-bond donors (Lipinski definition) is 1. The lowest BCUT2D eigenvalue weighted by Crippen LogP contribution is -2.29. The van der Waals surface area contributed by atoms with Gasteiger partial charge in [0, 0.05) is 12.6 Å². The average Bonchev–Trinajstić information content (AvgIpc) is 3.25. The number of ether oxygens (including phenoxy) is 2. The number of carbonyl (C=O) groups is 1. The fraction of sp³-hybridized carbons (Fsp3) is 0.792. The maximum Gasteiger partial charge on any atom is 0.407 e. The van der Waals surface area contributed by atoms with Crippen LogP contribution in [0.3, 0.4) is 0 Å². The Labute approximate surface area is 183 Å². The molecule has 173 valence electrons. The van der Waals surface area contributed by atoms with Gasteiger partial charge in [-0.2, -0.15) is 0 Å². The third kappa shape index (κ3) is 16.1. The Morgan fingerprint density at radius 2 is 1.50 bits per heavy atom. The van der Waals surface area contributed by atoms with Gasteiger partial charge in [-0.3, -0.25) is 0 Å². The van der Waals surface area contributed by atoms with Gasteiger partial charge in [0.05, 0.1) is 0 Å². The van der Waals surface area contributed by atoms with E-state index < -0.39 is 12.2 Å². The Balaban J connectivity index is 1.77. The maximum absolute atomic E-state index is 11.6. The third-order valence-electron chi connectivity index (χ3n) is 5.15. The van der Waals surface area contributed by atoms with E-state index in [0.717, 1.165) is 12.8 Å². The summed E-state index contributed by atoms with van der Waals surface area (Å²) in [6.45, 7) is 6.74. The molecule has 1 N–H and O–H groups in total. The minimum Gasteiger partial charge on any atom is -0.469 e. The molecule has 0 saturated heterocycles. The van der Waals surface area contributed by atoms with Gasteiger partial charge < -0.3 is 19.3 Å². The molecule has 0 aliphatic rings. The lowest BCUT2D eigenvalue weighted by molar-refractivity contribution is 0.0964. The van der Waals surface area contributed by atoms with E-state index in [9.17, 15) is 4.79 Å². The van der Waals surface area contributed by atoms with Gasteiger partial charge in [0.2, 0.25) is 0 Å². The monoisotopic (exact) mass is 423 g/mol. The first-order valence-corrected chi connectivity index (χ1v) is 12.0. The third-order valence-corrected chi connectivity index (χ3v) is 5.15. The Morgan fingerprint density at radius 1 is 0.967 bits per heavy atom. The van der Waals surface area contributed by atoms with Gasteiger partial charge in [-0.05, 0) is 18.5 Å². The topological polar surface area (TPSA) is 73.6 Å². The van der Waals surface area contributed by atoms with E-state index in [0.29, 0.717) is 12.4 Å². The molecular weight excluding hydrogens is 380 g/mol. The molecular formula is C24H43N2O4. The van der Waals surface area contributed by atoms with Crippen molar-refractivity contribution in [2.75, 3.05) is 13.2 Å². The van der Waals surface area contributed by atoms with E-state index in [4.69, 9.17) is 9.47 Å². The summed E-state index contributed by atoms with van der Waals surface area (Å²) >= 11 is 0. The van der Waals surface area contributed by atoms with Crippen molar-refractivity contribution in [2.45, 2.75) is 109 Å². The van der Waals surface area contributed by atoms with Gasteiger partial charge in [-0.25, -0.2) is 4.79 Å². The number of carbonyl (C=O) groups excluding carboxylic acids is 1. The van der Waals surface area contributed by atoms with Crippen LogP contribution in [0.2, 0.25) is 0 Å². The molecule has 1 aromatic heterocycles. The van der Waals surface area contributed by atoms with Gasteiger partial charge in [0.15, 0.2) is 0 Å². The molecule has 1 amide bonds. The van der Waals surface area contributed by atoms with Crippen LogP contribution < -0.4 is 10.1 Å².